The number of benzene rings is 2. The van der Waals surface area contributed by atoms with Crippen LogP contribution < -0.4 is 5.32 Å². The SMILES string of the molecule is O=C(Nc1ccc2c(c1)C(=O)OC2)c1ccccc1Br. The van der Waals surface area contributed by atoms with Crippen molar-refractivity contribution in [2.75, 3.05) is 5.32 Å². The summed E-state index contributed by atoms with van der Waals surface area (Å²) in [5.74, 6) is -0.583. The predicted molar refractivity (Wildman–Crippen MR) is 77.7 cm³/mol. The van der Waals surface area contributed by atoms with Gasteiger partial charge in [0.25, 0.3) is 5.91 Å². The number of hydrogen-bond donors (Lipinski definition) is 1. The van der Waals surface area contributed by atoms with E-state index < -0.39 is 0 Å². The van der Waals surface area contributed by atoms with Gasteiger partial charge in [0.15, 0.2) is 0 Å². The van der Waals surface area contributed by atoms with E-state index in [4.69, 9.17) is 4.74 Å². The Bertz CT molecular complexity index is 712. The number of nitrogens with one attached hydrogen (secondary N) is 1. The second kappa shape index (κ2) is 5.09. The second-order valence-electron chi connectivity index (χ2n) is 4.38. The van der Waals surface area contributed by atoms with Gasteiger partial charge >= 0.3 is 5.97 Å². The zero-order valence-corrected chi connectivity index (χ0v) is 11.9. The maximum atomic E-state index is 12.2. The molecule has 0 radical (unpaired) electrons. The summed E-state index contributed by atoms with van der Waals surface area (Å²) < 4.78 is 5.65. The van der Waals surface area contributed by atoms with Gasteiger partial charge in [-0.25, -0.2) is 4.79 Å². The van der Waals surface area contributed by atoms with E-state index in [1.165, 1.54) is 0 Å². The molecule has 2 aromatic rings. The number of esters is 1. The number of ether oxygens (including phenoxy) is 1. The number of cyclic esters (lactones) is 1. The van der Waals surface area contributed by atoms with Crippen LogP contribution in [0.4, 0.5) is 5.69 Å². The van der Waals surface area contributed by atoms with Crippen LogP contribution in [0.1, 0.15) is 26.3 Å². The molecule has 0 aromatic heterocycles. The maximum absolute atomic E-state index is 12.2. The van der Waals surface area contributed by atoms with Gasteiger partial charge in [-0.05, 0) is 40.2 Å². The Morgan fingerprint density at radius 3 is 2.80 bits per heavy atom. The van der Waals surface area contributed by atoms with Crippen molar-refractivity contribution in [2.45, 2.75) is 6.61 Å². The van der Waals surface area contributed by atoms with Crippen molar-refractivity contribution in [2.24, 2.45) is 0 Å². The van der Waals surface area contributed by atoms with E-state index >= 15 is 0 Å². The minimum absolute atomic E-state index is 0.233. The van der Waals surface area contributed by atoms with Gasteiger partial charge < -0.3 is 10.1 Å². The number of amides is 1. The quantitative estimate of drug-likeness (QED) is 0.858. The average Bonchev–Trinajstić information content (AvgIpc) is 2.81. The molecule has 1 aliphatic heterocycles. The summed E-state index contributed by atoms with van der Waals surface area (Å²) in [6.07, 6.45) is 0. The van der Waals surface area contributed by atoms with Crippen LogP contribution in [0.25, 0.3) is 0 Å². The molecule has 0 saturated carbocycles. The highest BCUT2D eigenvalue weighted by atomic mass is 79.9. The first-order chi connectivity index (χ1) is 9.65. The highest BCUT2D eigenvalue weighted by Gasteiger charge is 2.21. The number of carbonyl (C=O) groups is 2. The molecule has 3 rings (SSSR count). The summed E-state index contributed by atoms with van der Waals surface area (Å²) in [6, 6.07) is 12.3. The fourth-order valence-corrected chi connectivity index (χ4v) is 2.50. The molecule has 1 N–H and O–H groups in total. The Balaban J connectivity index is 1.86. The van der Waals surface area contributed by atoms with Crippen LogP contribution in [0.3, 0.4) is 0 Å². The van der Waals surface area contributed by atoms with E-state index in [1.807, 2.05) is 6.07 Å². The van der Waals surface area contributed by atoms with Crippen LogP contribution in [0, 0.1) is 0 Å². The monoisotopic (exact) mass is 331 g/mol. The molecule has 0 saturated heterocycles. The number of halogens is 1. The molecule has 0 bridgehead atoms. The average molecular weight is 332 g/mol. The van der Waals surface area contributed by atoms with E-state index in [1.54, 1.807) is 36.4 Å². The molecule has 0 atom stereocenters. The van der Waals surface area contributed by atoms with Crippen molar-refractivity contribution in [1.82, 2.24) is 0 Å². The Labute approximate surface area is 123 Å². The van der Waals surface area contributed by atoms with E-state index in [9.17, 15) is 9.59 Å². The third-order valence-corrected chi connectivity index (χ3v) is 3.76. The summed E-state index contributed by atoms with van der Waals surface area (Å²) in [5, 5.41) is 2.77. The van der Waals surface area contributed by atoms with Crippen LogP contribution in [0.5, 0.6) is 0 Å². The highest BCUT2D eigenvalue weighted by Crippen LogP contribution is 2.24. The lowest BCUT2D eigenvalue weighted by atomic mass is 10.1. The summed E-state index contributed by atoms with van der Waals surface area (Å²) in [6.45, 7) is 0.298. The second-order valence-corrected chi connectivity index (χ2v) is 5.24. The largest absolute Gasteiger partial charge is 0.457 e. The number of fused-ring (bicyclic) bond motifs is 1. The van der Waals surface area contributed by atoms with Gasteiger partial charge in [0.2, 0.25) is 0 Å². The summed E-state index contributed by atoms with van der Waals surface area (Å²) in [5.41, 5.74) is 2.46. The van der Waals surface area contributed by atoms with Crippen LogP contribution >= 0.6 is 15.9 Å². The molecular formula is C15H10BrNO3. The summed E-state index contributed by atoms with van der Waals surface area (Å²) in [4.78, 5) is 23.6. The predicted octanol–water partition coefficient (Wildman–Crippen LogP) is 3.37. The molecule has 1 amide bonds. The first-order valence-electron chi connectivity index (χ1n) is 6.01. The smallest absolute Gasteiger partial charge is 0.338 e. The van der Waals surface area contributed by atoms with Crippen LogP contribution in [0.2, 0.25) is 0 Å². The van der Waals surface area contributed by atoms with Gasteiger partial charge in [-0.2, -0.15) is 0 Å². The summed E-state index contributed by atoms with van der Waals surface area (Å²) in [7, 11) is 0. The Morgan fingerprint density at radius 1 is 1.20 bits per heavy atom. The molecule has 2 aromatic carbocycles. The van der Waals surface area contributed by atoms with Gasteiger partial charge in [-0.3, -0.25) is 4.79 Å². The van der Waals surface area contributed by atoms with E-state index in [2.05, 4.69) is 21.2 Å². The third kappa shape index (κ3) is 2.32. The fraction of sp³-hybridized carbons (Fsp3) is 0.0667. The number of anilines is 1. The molecule has 100 valence electrons. The van der Waals surface area contributed by atoms with Crippen molar-refractivity contribution in [3.8, 4) is 0 Å². The third-order valence-electron chi connectivity index (χ3n) is 3.06. The lowest BCUT2D eigenvalue weighted by Gasteiger charge is -2.07. The van der Waals surface area contributed by atoms with Crippen molar-refractivity contribution < 1.29 is 14.3 Å². The first-order valence-corrected chi connectivity index (χ1v) is 6.80. The highest BCUT2D eigenvalue weighted by molar-refractivity contribution is 9.10. The number of carbonyl (C=O) groups excluding carboxylic acids is 2. The standard InChI is InChI=1S/C15H10BrNO3/c16-13-4-2-1-3-11(13)14(18)17-10-6-5-9-8-20-15(19)12(9)7-10/h1-7H,8H2,(H,17,18). The minimum Gasteiger partial charge on any atom is -0.457 e. The Morgan fingerprint density at radius 2 is 2.00 bits per heavy atom. The van der Waals surface area contributed by atoms with Crippen molar-refractivity contribution in [1.29, 1.82) is 0 Å². The fourth-order valence-electron chi connectivity index (χ4n) is 2.03. The minimum atomic E-state index is -0.350. The lowest BCUT2D eigenvalue weighted by molar-refractivity contribution is 0.0535. The van der Waals surface area contributed by atoms with E-state index in [-0.39, 0.29) is 11.9 Å². The topological polar surface area (TPSA) is 55.4 Å². The zero-order valence-electron chi connectivity index (χ0n) is 10.4. The van der Waals surface area contributed by atoms with E-state index in [0.717, 1.165) is 10.0 Å². The molecule has 0 spiro atoms. The Hall–Kier alpha value is -2.14. The first kappa shape index (κ1) is 12.9. The van der Waals surface area contributed by atoms with E-state index in [0.29, 0.717) is 23.4 Å². The maximum Gasteiger partial charge on any atom is 0.338 e. The number of hydrogen-bond acceptors (Lipinski definition) is 3. The van der Waals surface area contributed by atoms with Crippen LogP contribution in [-0.2, 0) is 11.3 Å². The molecular weight excluding hydrogens is 322 g/mol. The van der Waals surface area contributed by atoms with Gasteiger partial charge in [-0.15, -0.1) is 0 Å². The zero-order chi connectivity index (χ0) is 14.1. The molecule has 4 nitrogen and oxygen atoms in total. The Kier molecular flexibility index (Phi) is 3.28. The summed E-state index contributed by atoms with van der Waals surface area (Å²) >= 11 is 3.33. The van der Waals surface area contributed by atoms with Crippen LogP contribution in [-0.4, -0.2) is 11.9 Å². The normalized spacial score (nSPS) is 12.8. The molecule has 0 fully saturated rings. The molecule has 1 heterocycles. The molecule has 1 aliphatic rings. The van der Waals surface area contributed by atoms with Gasteiger partial charge in [-0.1, -0.05) is 18.2 Å². The number of rotatable bonds is 2. The lowest BCUT2D eigenvalue weighted by Crippen LogP contribution is -2.12. The molecule has 5 heteroatoms. The molecule has 0 unspecified atom stereocenters. The van der Waals surface area contributed by atoms with Gasteiger partial charge in [0, 0.05) is 15.7 Å². The van der Waals surface area contributed by atoms with Gasteiger partial charge in [0.05, 0.1) is 11.1 Å². The van der Waals surface area contributed by atoms with Crippen molar-refractivity contribution in [3.63, 3.8) is 0 Å². The van der Waals surface area contributed by atoms with Crippen molar-refractivity contribution >= 4 is 33.5 Å². The molecule has 0 aliphatic carbocycles. The van der Waals surface area contributed by atoms with Crippen LogP contribution in [0.15, 0.2) is 46.9 Å². The molecule has 20 heavy (non-hydrogen) atoms. The van der Waals surface area contributed by atoms with Crippen molar-refractivity contribution in [3.05, 3.63) is 63.6 Å². The van der Waals surface area contributed by atoms with Gasteiger partial charge in [0.1, 0.15) is 6.61 Å².